The molecule has 0 amide bonds. The lowest BCUT2D eigenvalue weighted by atomic mass is 10.2. The van der Waals surface area contributed by atoms with Crippen LogP contribution in [-0.4, -0.2) is 15.0 Å². The zero-order valence-corrected chi connectivity index (χ0v) is 6.92. The van der Waals surface area contributed by atoms with E-state index in [1.165, 1.54) is 6.20 Å². The van der Waals surface area contributed by atoms with Gasteiger partial charge in [-0.2, -0.15) is 0 Å². The first-order chi connectivity index (χ1) is 6.16. The third-order valence-electron chi connectivity index (χ3n) is 1.81. The Balaban J connectivity index is 2.97. The van der Waals surface area contributed by atoms with Crippen molar-refractivity contribution in [2.75, 3.05) is 0 Å². The first kappa shape index (κ1) is 7.72. The van der Waals surface area contributed by atoms with Crippen LogP contribution in [0.15, 0.2) is 21.9 Å². The smallest absolute Gasteiger partial charge is 0.308 e. The maximum atomic E-state index is 11.1. The van der Waals surface area contributed by atoms with E-state index in [0.717, 1.165) is 5.39 Å². The molecule has 0 unspecified atom stereocenters. The molecule has 5 nitrogen and oxygen atoms in total. The first-order valence-corrected chi connectivity index (χ1v) is 3.76. The number of rotatable bonds is 0. The summed E-state index contributed by atoms with van der Waals surface area (Å²) in [6, 6.07) is 1.68. The lowest BCUT2D eigenvalue weighted by Gasteiger charge is -1.96. The summed E-state index contributed by atoms with van der Waals surface area (Å²) in [5, 5.41) is 0.719. The van der Waals surface area contributed by atoms with Gasteiger partial charge in [0.25, 0.3) is 5.56 Å². The Morgan fingerprint density at radius 1 is 1.31 bits per heavy atom. The van der Waals surface area contributed by atoms with Crippen molar-refractivity contribution in [3.63, 3.8) is 0 Å². The number of aromatic nitrogens is 3. The molecule has 0 aliphatic rings. The molecular formula is C8H7N3O2. The quantitative estimate of drug-likeness (QED) is 0.590. The molecule has 0 saturated carbocycles. The standard InChI is InChI=1S/C8H7N3O2/c1-4-2-5-3-9-8(13)11-6(5)10-7(4)12/h2-3H,1H3,(H2,9,10,11,12,13). The van der Waals surface area contributed by atoms with Crippen LogP contribution in [0.4, 0.5) is 0 Å². The molecule has 0 saturated heterocycles. The summed E-state index contributed by atoms with van der Waals surface area (Å²) in [4.78, 5) is 30.5. The summed E-state index contributed by atoms with van der Waals surface area (Å²) in [5.74, 6) is 0. The minimum Gasteiger partial charge on any atom is -0.308 e. The molecule has 2 aromatic rings. The molecule has 0 spiro atoms. The Kier molecular flexibility index (Phi) is 1.51. The molecular weight excluding hydrogens is 170 g/mol. The van der Waals surface area contributed by atoms with Crippen molar-refractivity contribution >= 4 is 11.0 Å². The van der Waals surface area contributed by atoms with E-state index in [0.29, 0.717) is 11.2 Å². The van der Waals surface area contributed by atoms with E-state index in [4.69, 9.17) is 0 Å². The topological polar surface area (TPSA) is 78.6 Å². The Hall–Kier alpha value is -1.91. The van der Waals surface area contributed by atoms with Gasteiger partial charge in [0.15, 0.2) is 0 Å². The highest BCUT2D eigenvalue weighted by Gasteiger charge is 1.98. The predicted octanol–water partition coefficient (Wildman–Crippen LogP) is -0.0802. The van der Waals surface area contributed by atoms with Crippen molar-refractivity contribution in [3.8, 4) is 0 Å². The summed E-state index contributed by atoms with van der Waals surface area (Å²) < 4.78 is 0. The van der Waals surface area contributed by atoms with Crippen LogP contribution in [0, 0.1) is 6.92 Å². The molecule has 5 heteroatoms. The molecule has 66 valence electrons. The normalized spacial score (nSPS) is 10.5. The van der Waals surface area contributed by atoms with Gasteiger partial charge in [-0.1, -0.05) is 0 Å². The zero-order chi connectivity index (χ0) is 9.42. The molecule has 2 aromatic heterocycles. The van der Waals surface area contributed by atoms with E-state index in [1.807, 2.05) is 0 Å². The van der Waals surface area contributed by atoms with Crippen molar-refractivity contribution in [1.82, 2.24) is 15.0 Å². The van der Waals surface area contributed by atoms with Crippen LogP contribution < -0.4 is 11.2 Å². The average molecular weight is 177 g/mol. The van der Waals surface area contributed by atoms with Gasteiger partial charge < -0.3 is 4.98 Å². The number of aryl methyl sites for hydroxylation is 1. The molecule has 0 aliphatic heterocycles. The third-order valence-corrected chi connectivity index (χ3v) is 1.81. The second kappa shape index (κ2) is 2.55. The van der Waals surface area contributed by atoms with Gasteiger partial charge in [-0.3, -0.25) is 9.78 Å². The van der Waals surface area contributed by atoms with Crippen molar-refractivity contribution < 1.29 is 0 Å². The average Bonchev–Trinajstić information content (AvgIpc) is 2.08. The number of aromatic amines is 2. The Labute approximate surface area is 72.5 Å². The van der Waals surface area contributed by atoms with Crippen LogP contribution in [0.2, 0.25) is 0 Å². The van der Waals surface area contributed by atoms with E-state index >= 15 is 0 Å². The SMILES string of the molecule is Cc1cc2cnc(=O)[nH]c2[nH]c1=O. The van der Waals surface area contributed by atoms with E-state index in [9.17, 15) is 9.59 Å². The zero-order valence-electron chi connectivity index (χ0n) is 6.92. The predicted molar refractivity (Wildman–Crippen MR) is 47.7 cm³/mol. The monoisotopic (exact) mass is 177 g/mol. The Morgan fingerprint density at radius 2 is 2.08 bits per heavy atom. The van der Waals surface area contributed by atoms with Gasteiger partial charge >= 0.3 is 5.69 Å². The van der Waals surface area contributed by atoms with Gasteiger partial charge in [0.2, 0.25) is 0 Å². The van der Waals surface area contributed by atoms with Crippen molar-refractivity contribution in [2.45, 2.75) is 6.92 Å². The molecule has 0 fully saturated rings. The molecule has 0 aliphatic carbocycles. The molecule has 0 atom stereocenters. The Morgan fingerprint density at radius 3 is 2.85 bits per heavy atom. The van der Waals surface area contributed by atoms with Gasteiger partial charge in [0, 0.05) is 17.1 Å². The molecule has 2 N–H and O–H groups in total. The van der Waals surface area contributed by atoms with E-state index < -0.39 is 5.69 Å². The number of fused-ring (bicyclic) bond motifs is 1. The second-order valence-corrected chi connectivity index (χ2v) is 2.80. The fraction of sp³-hybridized carbons (Fsp3) is 0.125. The molecule has 0 aromatic carbocycles. The van der Waals surface area contributed by atoms with Gasteiger partial charge in [0.1, 0.15) is 5.65 Å². The fourth-order valence-electron chi connectivity index (χ4n) is 1.13. The fourth-order valence-corrected chi connectivity index (χ4v) is 1.13. The lowest BCUT2D eigenvalue weighted by Crippen LogP contribution is -2.15. The molecule has 2 heterocycles. The summed E-state index contributed by atoms with van der Waals surface area (Å²) in [7, 11) is 0. The number of H-pyrrole nitrogens is 2. The van der Waals surface area contributed by atoms with Crippen LogP contribution in [0.1, 0.15) is 5.56 Å². The molecule has 13 heavy (non-hydrogen) atoms. The van der Waals surface area contributed by atoms with Gasteiger partial charge in [-0.25, -0.2) is 9.78 Å². The number of pyridine rings is 1. The highest BCUT2D eigenvalue weighted by atomic mass is 16.1. The largest absolute Gasteiger partial charge is 0.346 e. The molecule has 2 rings (SSSR count). The maximum Gasteiger partial charge on any atom is 0.346 e. The van der Waals surface area contributed by atoms with Gasteiger partial charge in [-0.15, -0.1) is 0 Å². The lowest BCUT2D eigenvalue weighted by molar-refractivity contribution is 1.08. The van der Waals surface area contributed by atoms with E-state index in [2.05, 4.69) is 15.0 Å². The van der Waals surface area contributed by atoms with Crippen LogP contribution in [0.5, 0.6) is 0 Å². The van der Waals surface area contributed by atoms with Crippen molar-refractivity contribution in [1.29, 1.82) is 0 Å². The summed E-state index contributed by atoms with van der Waals surface area (Å²) in [6.07, 6.45) is 1.43. The summed E-state index contributed by atoms with van der Waals surface area (Å²) >= 11 is 0. The minimum absolute atomic E-state index is 0.200. The highest BCUT2D eigenvalue weighted by molar-refractivity contribution is 5.73. The van der Waals surface area contributed by atoms with Crippen LogP contribution >= 0.6 is 0 Å². The van der Waals surface area contributed by atoms with Crippen LogP contribution in [0.25, 0.3) is 11.0 Å². The number of hydrogen-bond acceptors (Lipinski definition) is 3. The number of nitrogens with zero attached hydrogens (tertiary/aromatic N) is 1. The minimum atomic E-state index is -0.466. The maximum absolute atomic E-state index is 11.1. The summed E-state index contributed by atoms with van der Waals surface area (Å²) in [6.45, 7) is 1.70. The van der Waals surface area contributed by atoms with Gasteiger partial charge in [0.05, 0.1) is 0 Å². The van der Waals surface area contributed by atoms with E-state index in [1.54, 1.807) is 13.0 Å². The van der Waals surface area contributed by atoms with Crippen molar-refractivity contribution in [2.24, 2.45) is 0 Å². The summed E-state index contributed by atoms with van der Waals surface area (Å²) in [5.41, 5.74) is 0.346. The molecule has 0 bridgehead atoms. The highest BCUT2D eigenvalue weighted by Crippen LogP contribution is 2.02. The second-order valence-electron chi connectivity index (χ2n) is 2.80. The first-order valence-electron chi connectivity index (χ1n) is 3.76. The van der Waals surface area contributed by atoms with Crippen molar-refractivity contribution in [3.05, 3.63) is 38.7 Å². The van der Waals surface area contributed by atoms with Gasteiger partial charge in [-0.05, 0) is 13.0 Å². The van der Waals surface area contributed by atoms with Crippen LogP contribution in [0.3, 0.4) is 0 Å². The number of nitrogens with one attached hydrogen (secondary N) is 2. The Bertz CT molecular complexity index is 567. The number of hydrogen-bond donors (Lipinski definition) is 2. The van der Waals surface area contributed by atoms with E-state index in [-0.39, 0.29) is 5.56 Å². The molecule has 0 radical (unpaired) electrons. The van der Waals surface area contributed by atoms with Crippen LogP contribution in [-0.2, 0) is 0 Å². The third kappa shape index (κ3) is 1.24.